The predicted molar refractivity (Wildman–Crippen MR) is 117 cm³/mol. The van der Waals surface area contributed by atoms with Crippen LogP contribution in [0.1, 0.15) is 23.0 Å². The van der Waals surface area contributed by atoms with Crippen LogP contribution in [0.3, 0.4) is 0 Å². The fourth-order valence-electron chi connectivity index (χ4n) is 3.52. The van der Waals surface area contributed by atoms with Crippen molar-refractivity contribution in [2.24, 2.45) is 0 Å². The quantitative estimate of drug-likeness (QED) is 0.415. The van der Waals surface area contributed by atoms with Crippen LogP contribution in [0.15, 0.2) is 97.2 Å². The summed E-state index contributed by atoms with van der Waals surface area (Å²) >= 11 is 0. The highest BCUT2D eigenvalue weighted by atomic mass is 16.5. The Hall–Kier alpha value is -3.92. The topological polar surface area (TPSA) is 48.3 Å². The number of hydrogen-bond donors (Lipinski definition) is 0. The van der Waals surface area contributed by atoms with Gasteiger partial charge in [0.2, 0.25) is 0 Å². The van der Waals surface area contributed by atoms with Crippen molar-refractivity contribution in [2.75, 3.05) is 0 Å². The largest absolute Gasteiger partial charge is 0.459 e. The first-order valence-electron chi connectivity index (χ1n) is 9.73. The number of ether oxygens (including phenoxy) is 1. The van der Waals surface area contributed by atoms with Crippen LogP contribution >= 0.6 is 0 Å². The molecule has 0 aliphatic carbocycles. The lowest BCUT2D eigenvalue weighted by Gasteiger charge is -2.12. The van der Waals surface area contributed by atoms with E-state index < -0.39 is 5.97 Å². The molecule has 0 saturated heterocycles. The maximum Gasteiger partial charge on any atom is 0.303 e. The van der Waals surface area contributed by atoms with Crippen LogP contribution in [0.25, 0.3) is 22.3 Å². The summed E-state index contributed by atoms with van der Waals surface area (Å²) in [5.41, 5.74) is 4.94. The molecule has 0 saturated carbocycles. The van der Waals surface area contributed by atoms with Gasteiger partial charge >= 0.3 is 5.97 Å². The number of carbonyl (C=O) groups excluding carboxylic acids is 2. The van der Waals surface area contributed by atoms with E-state index >= 15 is 0 Å². The average molecular weight is 395 g/mol. The van der Waals surface area contributed by atoms with Gasteiger partial charge in [-0.3, -0.25) is 14.2 Å². The Balaban J connectivity index is 1.96. The summed E-state index contributed by atoms with van der Waals surface area (Å²) in [6.07, 6.45) is 1.84. The molecule has 4 rings (SSSR count). The maximum atomic E-state index is 13.4. The molecule has 148 valence electrons. The first kappa shape index (κ1) is 19.4. The van der Waals surface area contributed by atoms with Gasteiger partial charge in [-0.1, -0.05) is 78.9 Å². The Morgan fingerprint density at radius 3 is 1.87 bits per heavy atom. The molecule has 0 spiro atoms. The van der Waals surface area contributed by atoms with Crippen molar-refractivity contribution in [1.82, 2.24) is 4.57 Å². The van der Waals surface area contributed by atoms with E-state index in [4.69, 9.17) is 4.74 Å². The molecule has 0 radical (unpaired) electrons. The third-order valence-electron chi connectivity index (χ3n) is 4.91. The third kappa shape index (κ3) is 3.94. The Labute approximate surface area is 175 Å². The molecule has 0 atom stereocenters. The minimum Gasteiger partial charge on any atom is -0.459 e. The second-order valence-corrected chi connectivity index (χ2v) is 6.92. The highest BCUT2D eigenvalue weighted by Crippen LogP contribution is 2.37. The van der Waals surface area contributed by atoms with E-state index in [1.165, 1.54) is 6.92 Å². The number of rotatable bonds is 5. The summed E-state index contributed by atoms with van der Waals surface area (Å²) in [4.78, 5) is 24.9. The summed E-state index contributed by atoms with van der Waals surface area (Å²) in [5, 5.41) is 0. The SMILES string of the molecule is CC(=O)OCc1c(-c2ccccc2)c(-c2ccccc2)cn1C(=O)c1ccccc1. The minimum atomic E-state index is -0.393. The molecule has 4 heteroatoms. The first-order chi connectivity index (χ1) is 14.6. The molecule has 0 bridgehead atoms. The number of carbonyl (C=O) groups is 2. The van der Waals surface area contributed by atoms with Crippen LogP contribution in [-0.4, -0.2) is 16.4 Å². The van der Waals surface area contributed by atoms with Gasteiger partial charge in [-0.05, 0) is 23.3 Å². The zero-order valence-corrected chi connectivity index (χ0v) is 16.6. The highest BCUT2D eigenvalue weighted by Gasteiger charge is 2.23. The molecule has 30 heavy (non-hydrogen) atoms. The number of hydrogen-bond acceptors (Lipinski definition) is 3. The maximum absolute atomic E-state index is 13.4. The molecule has 4 nitrogen and oxygen atoms in total. The molecule has 0 fully saturated rings. The molecule has 0 amide bonds. The van der Waals surface area contributed by atoms with E-state index in [1.54, 1.807) is 16.7 Å². The lowest BCUT2D eigenvalue weighted by Crippen LogP contribution is -2.15. The molecule has 0 N–H and O–H groups in total. The lowest BCUT2D eigenvalue weighted by atomic mass is 9.97. The van der Waals surface area contributed by atoms with Gasteiger partial charge in [0.05, 0.1) is 5.69 Å². The second kappa shape index (κ2) is 8.62. The molecule has 0 aliphatic heterocycles. The molecule has 0 unspecified atom stereocenters. The molecule has 1 heterocycles. The molecule has 1 aromatic heterocycles. The van der Waals surface area contributed by atoms with Gasteiger partial charge in [0.1, 0.15) is 6.61 Å². The zero-order chi connectivity index (χ0) is 20.9. The average Bonchev–Trinajstić information content (AvgIpc) is 3.18. The van der Waals surface area contributed by atoms with Crippen molar-refractivity contribution >= 4 is 11.9 Å². The summed E-state index contributed by atoms with van der Waals surface area (Å²) in [7, 11) is 0. The van der Waals surface area contributed by atoms with Crippen molar-refractivity contribution in [3.05, 3.63) is 108 Å². The number of esters is 1. The van der Waals surface area contributed by atoms with E-state index in [9.17, 15) is 9.59 Å². The fraction of sp³-hybridized carbons (Fsp3) is 0.0769. The van der Waals surface area contributed by atoms with Crippen molar-refractivity contribution in [2.45, 2.75) is 13.5 Å². The molecular weight excluding hydrogens is 374 g/mol. The smallest absolute Gasteiger partial charge is 0.303 e. The Morgan fingerprint density at radius 1 is 0.767 bits per heavy atom. The van der Waals surface area contributed by atoms with E-state index in [0.717, 1.165) is 22.3 Å². The molecule has 4 aromatic rings. The Bertz CT molecular complexity index is 1160. The van der Waals surface area contributed by atoms with Crippen LogP contribution < -0.4 is 0 Å². The van der Waals surface area contributed by atoms with Gasteiger partial charge < -0.3 is 4.74 Å². The van der Waals surface area contributed by atoms with Crippen molar-refractivity contribution in [3.8, 4) is 22.3 Å². The predicted octanol–water partition coefficient (Wildman–Crippen LogP) is 5.57. The van der Waals surface area contributed by atoms with E-state index in [-0.39, 0.29) is 12.5 Å². The number of aromatic nitrogens is 1. The van der Waals surface area contributed by atoms with Crippen LogP contribution in [-0.2, 0) is 16.1 Å². The lowest BCUT2D eigenvalue weighted by molar-refractivity contribution is -0.142. The summed E-state index contributed by atoms with van der Waals surface area (Å²) in [6.45, 7) is 1.37. The monoisotopic (exact) mass is 395 g/mol. The van der Waals surface area contributed by atoms with E-state index in [0.29, 0.717) is 11.3 Å². The van der Waals surface area contributed by atoms with E-state index in [2.05, 4.69) is 0 Å². The van der Waals surface area contributed by atoms with Crippen molar-refractivity contribution in [3.63, 3.8) is 0 Å². The van der Waals surface area contributed by atoms with Gasteiger partial charge in [-0.25, -0.2) is 0 Å². The number of nitrogens with zero attached hydrogens (tertiary/aromatic N) is 1. The van der Waals surface area contributed by atoms with Gasteiger partial charge in [0.15, 0.2) is 0 Å². The summed E-state index contributed by atoms with van der Waals surface area (Å²) in [5.74, 6) is -0.563. The van der Waals surface area contributed by atoms with Crippen LogP contribution in [0, 0.1) is 0 Å². The summed E-state index contributed by atoms with van der Waals surface area (Å²) < 4.78 is 6.95. The van der Waals surface area contributed by atoms with Gasteiger partial charge in [-0.2, -0.15) is 0 Å². The van der Waals surface area contributed by atoms with Crippen molar-refractivity contribution < 1.29 is 14.3 Å². The Morgan fingerprint density at radius 2 is 1.30 bits per heavy atom. The normalized spacial score (nSPS) is 10.6. The Kier molecular flexibility index (Phi) is 5.57. The fourth-order valence-corrected chi connectivity index (χ4v) is 3.52. The second-order valence-electron chi connectivity index (χ2n) is 6.92. The van der Waals surface area contributed by atoms with E-state index in [1.807, 2.05) is 85.1 Å². The van der Waals surface area contributed by atoms with Crippen LogP contribution in [0.4, 0.5) is 0 Å². The molecular formula is C26H21NO3. The summed E-state index contributed by atoms with van der Waals surface area (Å²) in [6, 6.07) is 28.8. The van der Waals surface area contributed by atoms with Crippen LogP contribution in [0.5, 0.6) is 0 Å². The number of benzene rings is 3. The zero-order valence-electron chi connectivity index (χ0n) is 16.6. The first-order valence-corrected chi connectivity index (χ1v) is 9.73. The van der Waals surface area contributed by atoms with Crippen LogP contribution in [0.2, 0.25) is 0 Å². The van der Waals surface area contributed by atoms with Gasteiger partial charge in [-0.15, -0.1) is 0 Å². The molecule has 0 aliphatic rings. The highest BCUT2D eigenvalue weighted by molar-refractivity contribution is 5.99. The molecule has 3 aromatic carbocycles. The minimum absolute atomic E-state index is 0.00493. The van der Waals surface area contributed by atoms with Gasteiger partial charge in [0, 0.05) is 29.8 Å². The van der Waals surface area contributed by atoms with Crippen molar-refractivity contribution in [1.29, 1.82) is 0 Å². The van der Waals surface area contributed by atoms with Gasteiger partial charge in [0.25, 0.3) is 5.91 Å². The third-order valence-corrected chi connectivity index (χ3v) is 4.91. The standard InChI is InChI=1S/C26H21NO3/c1-19(28)30-18-24-25(21-13-7-3-8-14-21)23(20-11-5-2-6-12-20)17-27(24)26(29)22-15-9-4-10-16-22/h2-17H,18H2,1H3.